The fourth-order valence-electron chi connectivity index (χ4n) is 3.26. The summed E-state index contributed by atoms with van der Waals surface area (Å²) in [7, 11) is 0. The monoisotopic (exact) mass is 273 g/mol. The molecular formula is C16H23N3O. The van der Waals surface area contributed by atoms with Crippen LogP contribution in [0.1, 0.15) is 32.3 Å². The van der Waals surface area contributed by atoms with Gasteiger partial charge >= 0.3 is 0 Å². The molecule has 1 aromatic rings. The summed E-state index contributed by atoms with van der Waals surface area (Å²) in [6.07, 6.45) is 2.63. The van der Waals surface area contributed by atoms with Crippen molar-refractivity contribution in [3.63, 3.8) is 0 Å². The summed E-state index contributed by atoms with van der Waals surface area (Å²) in [5.74, 6) is 1.56. The number of fused-ring (bicyclic) bond motifs is 1. The molecule has 20 heavy (non-hydrogen) atoms. The Morgan fingerprint density at radius 2 is 2.15 bits per heavy atom. The molecule has 0 saturated carbocycles. The van der Waals surface area contributed by atoms with Crippen LogP contribution in [0.25, 0.3) is 0 Å². The Hall–Kier alpha value is -1.71. The predicted molar refractivity (Wildman–Crippen MR) is 83.0 cm³/mol. The predicted octanol–water partition coefficient (Wildman–Crippen LogP) is 2.64. The second-order valence-electron chi connectivity index (χ2n) is 6.36. The van der Waals surface area contributed by atoms with Gasteiger partial charge in [-0.3, -0.25) is 4.79 Å². The van der Waals surface area contributed by atoms with Crippen molar-refractivity contribution >= 4 is 23.0 Å². The first-order chi connectivity index (χ1) is 9.54. The molecule has 1 aromatic carbocycles. The average Bonchev–Trinajstić information content (AvgIpc) is 2.87. The van der Waals surface area contributed by atoms with Crippen LogP contribution in [0.5, 0.6) is 0 Å². The van der Waals surface area contributed by atoms with E-state index in [1.165, 1.54) is 12.0 Å². The second kappa shape index (κ2) is 5.00. The Bertz CT molecular complexity index is 539. The van der Waals surface area contributed by atoms with Crippen molar-refractivity contribution in [1.82, 2.24) is 0 Å². The normalized spacial score (nSPS) is 22.1. The minimum absolute atomic E-state index is 0.0886. The summed E-state index contributed by atoms with van der Waals surface area (Å²) in [5, 5.41) is 2.91. The van der Waals surface area contributed by atoms with Crippen molar-refractivity contribution in [3.05, 3.63) is 17.7 Å². The lowest BCUT2D eigenvalue weighted by molar-refractivity contribution is -0.116. The Morgan fingerprint density at radius 3 is 2.85 bits per heavy atom. The highest BCUT2D eigenvalue weighted by Crippen LogP contribution is 2.36. The van der Waals surface area contributed by atoms with Crippen molar-refractivity contribution in [2.45, 2.75) is 33.1 Å². The Kier molecular flexibility index (Phi) is 3.32. The van der Waals surface area contributed by atoms with Gasteiger partial charge < -0.3 is 16.0 Å². The van der Waals surface area contributed by atoms with Crippen LogP contribution in [0.2, 0.25) is 0 Å². The van der Waals surface area contributed by atoms with Gasteiger partial charge in [-0.15, -0.1) is 0 Å². The first-order valence-electron chi connectivity index (χ1n) is 7.52. The zero-order chi connectivity index (χ0) is 14.3. The van der Waals surface area contributed by atoms with Gasteiger partial charge in [0.15, 0.2) is 0 Å². The molecule has 0 radical (unpaired) electrons. The maximum absolute atomic E-state index is 11.4. The number of amides is 1. The molecule has 1 atom stereocenters. The Balaban J connectivity index is 1.86. The standard InChI is InChI=1S/C16H23N3O/c1-10(2)12-5-6-19(9-12)15-7-11-3-4-16(20)18-14(11)8-13(15)17/h7-8,10,12H,3-6,9,17H2,1-2H3,(H,18,20). The molecule has 0 aliphatic carbocycles. The SMILES string of the molecule is CC(C)C1CCN(c2cc3c(cc2N)NC(=O)CC3)C1. The van der Waals surface area contributed by atoms with Crippen molar-refractivity contribution in [3.8, 4) is 0 Å². The molecule has 4 heteroatoms. The van der Waals surface area contributed by atoms with E-state index >= 15 is 0 Å². The highest BCUT2D eigenvalue weighted by Gasteiger charge is 2.27. The molecule has 0 bridgehead atoms. The molecule has 1 saturated heterocycles. The highest BCUT2D eigenvalue weighted by molar-refractivity contribution is 5.95. The molecule has 0 aromatic heterocycles. The number of carbonyl (C=O) groups excluding carboxylic acids is 1. The molecule has 108 valence electrons. The van der Waals surface area contributed by atoms with Crippen molar-refractivity contribution < 1.29 is 4.79 Å². The number of hydrogen-bond acceptors (Lipinski definition) is 3. The molecule has 4 nitrogen and oxygen atoms in total. The van der Waals surface area contributed by atoms with E-state index in [1.807, 2.05) is 6.07 Å². The van der Waals surface area contributed by atoms with Gasteiger partial charge in [-0.1, -0.05) is 13.8 Å². The highest BCUT2D eigenvalue weighted by atomic mass is 16.1. The van der Waals surface area contributed by atoms with Crippen LogP contribution in [-0.4, -0.2) is 19.0 Å². The third kappa shape index (κ3) is 2.35. The number of benzene rings is 1. The van der Waals surface area contributed by atoms with Gasteiger partial charge in [0.1, 0.15) is 0 Å². The molecule has 2 aliphatic heterocycles. The number of nitrogens with zero attached hydrogens (tertiary/aromatic N) is 1. The van der Waals surface area contributed by atoms with Crippen LogP contribution in [-0.2, 0) is 11.2 Å². The van der Waals surface area contributed by atoms with E-state index in [0.717, 1.165) is 48.4 Å². The van der Waals surface area contributed by atoms with Crippen molar-refractivity contribution in [2.75, 3.05) is 29.0 Å². The number of nitrogens with one attached hydrogen (secondary N) is 1. The van der Waals surface area contributed by atoms with E-state index in [2.05, 4.69) is 30.1 Å². The van der Waals surface area contributed by atoms with Gasteiger partial charge in [-0.2, -0.15) is 0 Å². The van der Waals surface area contributed by atoms with Gasteiger partial charge in [0.05, 0.1) is 11.4 Å². The largest absolute Gasteiger partial charge is 0.397 e. The lowest BCUT2D eigenvalue weighted by atomic mass is 9.95. The molecule has 1 fully saturated rings. The molecule has 3 rings (SSSR count). The number of carbonyl (C=O) groups is 1. The maximum atomic E-state index is 11.4. The molecule has 1 unspecified atom stereocenters. The van der Waals surface area contributed by atoms with Gasteiger partial charge in [-0.25, -0.2) is 0 Å². The summed E-state index contributed by atoms with van der Waals surface area (Å²) in [6.45, 7) is 6.75. The molecule has 3 N–H and O–H groups in total. The number of anilines is 3. The fraction of sp³-hybridized carbons (Fsp3) is 0.562. The number of nitrogens with two attached hydrogens (primary N) is 1. The molecular weight excluding hydrogens is 250 g/mol. The maximum Gasteiger partial charge on any atom is 0.224 e. The van der Waals surface area contributed by atoms with Gasteiger partial charge in [-0.05, 0) is 42.4 Å². The number of hydrogen-bond donors (Lipinski definition) is 2. The molecule has 2 aliphatic rings. The summed E-state index contributed by atoms with van der Waals surface area (Å²) in [5.41, 5.74) is 10.2. The summed E-state index contributed by atoms with van der Waals surface area (Å²) in [4.78, 5) is 13.8. The van der Waals surface area contributed by atoms with Crippen LogP contribution in [0.4, 0.5) is 17.1 Å². The lowest BCUT2D eigenvalue weighted by Crippen LogP contribution is -2.24. The van der Waals surface area contributed by atoms with Crippen LogP contribution in [0.3, 0.4) is 0 Å². The van der Waals surface area contributed by atoms with Crippen LogP contribution >= 0.6 is 0 Å². The van der Waals surface area contributed by atoms with E-state index in [-0.39, 0.29) is 5.91 Å². The second-order valence-corrected chi connectivity index (χ2v) is 6.36. The quantitative estimate of drug-likeness (QED) is 0.814. The Labute approximate surface area is 120 Å². The fourth-order valence-corrected chi connectivity index (χ4v) is 3.26. The van der Waals surface area contributed by atoms with E-state index in [0.29, 0.717) is 6.42 Å². The average molecular weight is 273 g/mol. The van der Waals surface area contributed by atoms with Crippen LogP contribution < -0.4 is 16.0 Å². The van der Waals surface area contributed by atoms with E-state index in [4.69, 9.17) is 5.73 Å². The molecule has 1 amide bonds. The summed E-state index contributed by atoms with van der Waals surface area (Å²) >= 11 is 0. The third-order valence-corrected chi connectivity index (χ3v) is 4.66. The van der Waals surface area contributed by atoms with Crippen LogP contribution in [0, 0.1) is 11.8 Å². The van der Waals surface area contributed by atoms with Crippen molar-refractivity contribution in [2.24, 2.45) is 11.8 Å². The zero-order valence-electron chi connectivity index (χ0n) is 12.3. The first kappa shape index (κ1) is 13.3. The smallest absolute Gasteiger partial charge is 0.224 e. The zero-order valence-corrected chi connectivity index (χ0v) is 12.3. The van der Waals surface area contributed by atoms with Gasteiger partial charge in [0.2, 0.25) is 5.91 Å². The molecule has 0 spiro atoms. The third-order valence-electron chi connectivity index (χ3n) is 4.66. The topological polar surface area (TPSA) is 58.4 Å². The van der Waals surface area contributed by atoms with Gasteiger partial charge in [0, 0.05) is 25.2 Å². The van der Waals surface area contributed by atoms with Crippen molar-refractivity contribution in [1.29, 1.82) is 0 Å². The van der Waals surface area contributed by atoms with Crippen LogP contribution in [0.15, 0.2) is 12.1 Å². The minimum atomic E-state index is 0.0886. The number of aryl methyl sites for hydroxylation is 1. The van der Waals surface area contributed by atoms with E-state index in [1.54, 1.807) is 0 Å². The lowest BCUT2D eigenvalue weighted by Gasteiger charge is -2.25. The van der Waals surface area contributed by atoms with E-state index < -0.39 is 0 Å². The minimum Gasteiger partial charge on any atom is -0.397 e. The number of nitrogen functional groups attached to an aromatic ring is 1. The number of rotatable bonds is 2. The first-order valence-corrected chi connectivity index (χ1v) is 7.52. The van der Waals surface area contributed by atoms with Gasteiger partial charge in [0.25, 0.3) is 0 Å². The van der Waals surface area contributed by atoms with E-state index in [9.17, 15) is 4.79 Å². The summed E-state index contributed by atoms with van der Waals surface area (Å²) in [6, 6.07) is 4.09. The Morgan fingerprint density at radius 1 is 1.35 bits per heavy atom. The summed E-state index contributed by atoms with van der Waals surface area (Å²) < 4.78 is 0. The molecule has 2 heterocycles.